The lowest BCUT2D eigenvalue weighted by atomic mass is 9.92. The molecule has 0 fully saturated rings. The Morgan fingerprint density at radius 2 is 1.18 bits per heavy atom. The highest BCUT2D eigenvalue weighted by atomic mass is 16.3. The maximum atomic E-state index is 6.76. The molecule has 234 valence electrons. The summed E-state index contributed by atoms with van der Waals surface area (Å²) in [5.41, 5.74) is 11.0. The molecule has 1 aliphatic heterocycles. The zero-order chi connectivity index (χ0) is 32.5. The molecule has 3 heterocycles. The minimum absolute atomic E-state index is 0.0973. The van der Waals surface area contributed by atoms with Gasteiger partial charge in [-0.1, -0.05) is 151 Å². The van der Waals surface area contributed by atoms with Gasteiger partial charge in [0.05, 0.1) is 11.0 Å². The molecule has 4 heteroatoms. The lowest BCUT2D eigenvalue weighted by Gasteiger charge is -2.48. The Bertz CT molecular complexity index is 2720. The van der Waals surface area contributed by atoms with Gasteiger partial charge in [0.15, 0.2) is 5.58 Å². The lowest BCUT2D eigenvalue weighted by molar-refractivity contribution is 0.644. The third kappa shape index (κ3) is 4.28. The van der Waals surface area contributed by atoms with Crippen molar-refractivity contribution in [3.63, 3.8) is 0 Å². The van der Waals surface area contributed by atoms with E-state index in [4.69, 9.17) is 9.73 Å². The van der Waals surface area contributed by atoms with Crippen LogP contribution < -0.4 is 5.32 Å². The highest BCUT2D eigenvalue weighted by molar-refractivity contribution is 6.35. The Balaban J connectivity index is 1.18. The van der Waals surface area contributed by atoms with Crippen molar-refractivity contribution >= 4 is 60.2 Å². The number of hydrogen-bond donors (Lipinski definition) is 1. The zero-order valence-corrected chi connectivity index (χ0v) is 27.0. The molecule has 0 bridgehead atoms. The molecule has 0 saturated carbocycles. The first-order valence-corrected chi connectivity index (χ1v) is 16.9. The minimum Gasteiger partial charge on any atom is -0.628 e. The standard InChI is InChI=1S/C45H32N3O/c1-28-41(29-14-4-2-5-15-29)46-45(31-16-6-3-7-17-31)47-42(28)30-24-26-32(27-25-30)48-37-22-12-10-20-35(37)39-33-18-8-9-19-34(33)40-36-21-11-13-23-38(36)49-44(40)43(39)48/h2-27,42,45-46H,1H3/q-1. The van der Waals surface area contributed by atoms with Crippen molar-refractivity contribution in [1.82, 2.24) is 9.88 Å². The van der Waals surface area contributed by atoms with E-state index in [0.29, 0.717) is 0 Å². The lowest BCUT2D eigenvalue weighted by Crippen LogP contribution is -2.27. The second kappa shape index (κ2) is 11.0. The van der Waals surface area contributed by atoms with Crippen molar-refractivity contribution < 1.29 is 4.42 Å². The van der Waals surface area contributed by atoms with Gasteiger partial charge in [0.1, 0.15) is 5.58 Å². The number of hydrogen-bond acceptors (Lipinski definition) is 2. The van der Waals surface area contributed by atoms with E-state index in [-0.39, 0.29) is 12.2 Å². The van der Waals surface area contributed by atoms with Crippen molar-refractivity contribution in [2.45, 2.75) is 19.1 Å². The van der Waals surface area contributed by atoms with Crippen molar-refractivity contribution in [2.75, 3.05) is 0 Å². The Labute approximate surface area is 283 Å². The van der Waals surface area contributed by atoms with Gasteiger partial charge in [-0.05, 0) is 59.3 Å². The topological polar surface area (TPSA) is 44.2 Å². The molecule has 4 nitrogen and oxygen atoms in total. The molecule has 1 aliphatic rings. The van der Waals surface area contributed by atoms with Crippen LogP contribution in [0.5, 0.6) is 0 Å². The van der Waals surface area contributed by atoms with Crippen molar-refractivity contribution in [2.24, 2.45) is 0 Å². The summed E-state index contributed by atoms with van der Waals surface area (Å²) in [6, 6.07) is 55.9. The van der Waals surface area contributed by atoms with Crippen molar-refractivity contribution in [1.29, 1.82) is 0 Å². The van der Waals surface area contributed by atoms with Crippen molar-refractivity contribution in [3.8, 4) is 5.69 Å². The summed E-state index contributed by atoms with van der Waals surface area (Å²) in [6.07, 6.45) is -0.156. The molecule has 0 amide bonds. The average molecular weight is 631 g/mol. The van der Waals surface area contributed by atoms with E-state index in [1.54, 1.807) is 0 Å². The number of fused-ring (bicyclic) bond motifs is 10. The van der Waals surface area contributed by atoms with Crippen LogP contribution in [0.1, 0.15) is 35.8 Å². The van der Waals surface area contributed by atoms with E-state index >= 15 is 0 Å². The summed E-state index contributed by atoms with van der Waals surface area (Å²) in [4.78, 5) is 0. The Hall–Kier alpha value is -6.10. The number of furan rings is 1. The molecule has 2 aromatic heterocycles. The molecular weight excluding hydrogens is 599 g/mol. The van der Waals surface area contributed by atoms with Crippen LogP contribution in [-0.2, 0) is 0 Å². The quantitative estimate of drug-likeness (QED) is 0.210. The van der Waals surface area contributed by atoms with Crippen LogP contribution in [0.4, 0.5) is 0 Å². The van der Waals surface area contributed by atoms with Crippen LogP contribution in [0.2, 0.25) is 0 Å². The van der Waals surface area contributed by atoms with E-state index in [1.807, 2.05) is 6.07 Å². The first kappa shape index (κ1) is 28.0. The predicted molar refractivity (Wildman–Crippen MR) is 203 cm³/mol. The molecule has 0 saturated heterocycles. The van der Waals surface area contributed by atoms with Crippen LogP contribution in [-0.4, -0.2) is 4.57 Å². The molecule has 49 heavy (non-hydrogen) atoms. The van der Waals surface area contributed by atoms with Gasteiger partial charge in [-0.3, -0.25) is 0 Å². The summed E-state index contributed by atoms with van der Waals surface area (Å²) in [7, 11) is 0. The van der Waals surface area contributed by atoms with Gasteiger partial charge in [-0.2, -0.15) is 0 Å². The van der Waals surface area contributed by atoms with Crippen LogP contribution in [0, 0.1) is 0 Å². The van der Waals surface area contributed by atoms with Crippen LogP contribution >= 0.6 is 0 Å². The van der Waals surface area contributed by atoms with Gasteiger partial charge < -0.3 is 19.6 Å². The first-order valence-electron chi connectivity index (χ1n) is 16.9. The molecule has 0 spiro atoms. The van der Waals surface area contributed by atoms with Gasteiger partial charge in [0.2, 0.25) is 0 Å². The molecule has 0 radical (unpaired) electrons. The summed E-state index contributed by atoms with van der Waals surface area (Å²) >= 11 is 0. The summed E-state index contributed by atoms with van der Waals surface area (Å²) < 4.78 is 9.14. The molecule has 10 rings (SSSR count). The number of aromatic nitrogens is 1. The molecule has 2 unspecified atom stereocenters. The van der Waals surface area contributed by atoms with Gasteiger partial charge in [0, 0.05) is 32.9 Å². The molecule has 9 aromatic rings. The second-order valence-corrected chi connectivity index (χ2v) is 12.9. The van der Waals surface area contributed by atoms with E-state index in [9.17, 15) is 0 Å². The minimum atomic E-state index is -0.156. The highest BCUT2D eigenvalue weighted by Crippen LogP contribution is 2.47. The summed E-state index contributed by atoms with van der Waals surface area (Å²) in [6.45, 7) is 2.20. The number of nitrogens with zero attached hydrogens (tertiary/aromatic N) is 2. The van der Waals surface area contributed by atoms with Gasteiger partial charge >= 0.3 is 0 Å². The number of para-hydroxylation sites is 2. The van der Waals surface area contributed by atoms with E-state index < -0.39 is 0 Å². The fourth-order valence-electron chi connectivity index (χ4n) is 7.94. The zero-order valence-electron chi connectivity index (χ0n) is 27.0. The van der Waals surface area contributed by atoms with E-state index in [0.717, 1.165) is 55.5 Å². The summed E-state index contributed by atoms with van der Waals surface area (Å²) in [5, 5.41) is 16.3. The smallest absolute Gasteiger partial charge is 0.160 e. The third-order valence-corrected chi connectivity index (χ3v) is 10.2. The van der Waals surface area contributed by atoms with Gasteiger partial charge in [-0.15, -0.1) is 0 Å². The third-order valence-electron chi connectivity index (χ3n) is 10.2. The Kier molecular flexibility index (Phi) is 6.27. The molecular formula is C45H32N3O-. The molecule has 2 atom stereocenters. The maximum absolute atomic E-state index is 6.76. The molecule has 7 aromatic carbocycles. The Morgan fingerprint density at radius 1 is 0.571 bits per heavy atom. The van der Waals surface area contributed by atoms with E-state index in [1.165, 1.54) is 32.7 Å². The maximum Gasteiger partial charge on any atom is 0.160 e. The van der Waals surface area contributed by atoms with Crippen LogP contribution in [0.15, 0.2) is 168 Å². The fourth-order valence-corrected chi connectivity index (χ4v) is 7.94. The number of rotatable bonds is 4. The SMILES string of the molecule is CC1=C(c2ccccc2)NC(c2ccccc2)[N-]C1c1ccc(-n2c3ccccc3c3c4ccccc4c4c5ccccc5oc4c32)cc1. The van der Waals surface area contributed by atoms with Crippen LogP contribution in [0.25, 0.3) is 71.2 Å². The van der Waals surface area contributed by atoms with Crippen molar-refractivity contribution in [3.05, 3.63) is 185 Å². The molecule has 1 N–H and O–H groups in total. The first-order chi connectivity index (χ1) is 24.2. The van der Waals surface area contributed by atoms with Gasteiger partial charge in [0.25, 0.3) is 0 Å². The fraction of sp³-hybridized carbons (Fsp3) is 0.0667. The van der Waals surface area contributed by atoms with Crippen LogP contribution in [0.3, 0.4) is 0 Å². The number of benzene rings is 7. The predicted octanol–water partition coefficient (Wildman–Crippen LogP) is 12.0. The van der Waals surface area contributed by atoms with Gasteiger partial charge in [-0.25, -0.2) is 0 Å². The average Bonchev–Trinajstić information content (AvgIpc) is 3.73. The van der Waals surface area contributed by atoms with E-state index in [2.05, 4.69) is 168 Å². The largest absolute Gasteiger partial charge is 0.628 e. The normalized spacial score (nSPS) is 16.7. The number of nitrogens with one attached hydrogen (secondary N) is 1. The molecule has 0 aliphatic carbocycles. The Morgan fingerprint density at radius 3 is 1.94 bits per heavy atom. The summed E-state index contributed by atoms with van der Waals surface area (Å²) in [5.74, 6) is 0. The highest BCUT2D eigenvalue weighted by Gasteiger charge is 2.24. The monoisotopic (exact) mass is 630 g/mol. The second-order valence-electron chi connectivity index (χ2n) is 12.9.